The minimum atomic E-state index is -0.0117. The molecule has 0 bridgehead atoms. The van der Waals surface area contributed by atoms with Crippen LogP contribution in [0.1, 0.15) is 42.5 Å². The lowest BCUT2D eigenvalue weighted by atomic mass is 9.82. The molecule has 2 N–H and O–H groups in total. The molecule has 5 unspecified atom stereocenters. The van der Waals surface area contributed by atoms with E-state index in [0.717, 1.165) is 29.2 Å². The van der Waals surface area contributed by atoms with E-state index in [9.17, 15) is 4.79 Å². The molecule has 7 heteroatoms. The number of hydrogen-bond donors (Lipinski definition) is 1. The summed E-state index contributed by atoms with van der Waals surface area (Å²) >= 11 is 0. The van der Waals surface area contributed by atoms with Gasteiger partial charge in [-0.2, -0.15) is 0 Å². The normalized spacial score (nSPS) is 30.7. The number of amides is 1. The number of nitrogens with zero attached hydrogens (tertiary/aromatic N) is 3. The summed E-state index contributed by atoms with van der Waals surface area (Å²) in [5, 5.41) is 0. The maximum Gasteiger partial charge on any atom is 0.231 e. The summed E-state index contributed by atoms with van der Waals surface area (Å²) in [4.78, 5) is 22.6. The molecular weight excluding hydrogens is 416 g/mol. The van der Waals surface area contributed by atoms with Crippen LogP contribution < -0.4 is 15.2 Å². The molecule has 4 aliphatic heterocycles. The molecule has 2 aromatic rings. The predicted molar refractivity (Wildman–Crippen MR) is 125 cm³/mol. The Morgan fingerprint density at radius 3 is 2.73 bits per heavy atom. The molecule has 0 spiro atoms. The van der Waals surface area contributed by atoms with Gasteiger partial charge in [0.1, 0.15) is 5.84 Å². The van der Waals surface area contributed by atoms with E-state index in [2.05, 4.69) is 33.8 Å². The number of aliphatic imine (C=N–C) groups is 1. The first-order chi connectivity index (χ1) is 16.1. The van der Waals surface area contributed by atoms with Crippen molar-refractivity contribution in [2.45, 2.75) is 44.4 Å². The van der Waals surface area contributed by atoms with Gasteiger partial charge in [0, 0.05) is 43.2 Å². The Labute approximate surface area is 194 Å². The zero-order valence-electron chi connectivity index (χ0n) is 19.1. The minimum absolute atomic E-state index is 0.0117. The molecular formula is C26H30N4O3. The smallest absolute Gasteiger partial charge is 0.231 e. The van der Waals surface area contributed by atoms with Gasteiger partial charge in [-0.15, -0.1) is 0 Å². The van der Waals surface area contributed by atoms with Crippen LogP contribution in [0.3, 0.4) is 0 Å². The number of carbonyl (C=O) groups excluding carboxylic acids is 1. The number of amidine groups is 1. The first-order valence-corrected chi connectivity index (χ1v) is 11.8. The van der Waals surface area contributed by atoms with Crippen molar-refractivity contribution in [3.8, 4) is 11.5 Å². The van der Waals surface area contributed by atoms with Gasteiger partial charge in [0.15, 0.2) is 11.5 Å². The van der Waals surface area contributed by atoms with Crippen molar-refractivity contribution in [2.75, 3.05) is 20.4 Å². The van der Waals surface area contributed by atoms with Crippen molar-refractivity contribution in [3.05, 3.63) is 59.2 Å². The van der Waals surface area contributed by atoms with E-state index < -0.39 is 0 Å². The molecule has 0 radical (unpaired) electrons. The van der Waals surface area contributed by atoms with E-state index in [4.69, 9.17) is 15.2 Å². The molecule has 3 saturated heterocycles. The molecule has 2 aromatic carbocycles. The van der Waals surface area contributed by atoms with E-state index in [1.165, 1.54) is 18.4 Å². The van der Waals surface area contributed by atoms with Crippen molar-refractivity contribution in [2.24, 2.45) is 22.6 Å². The van der Waals surface area contributed by atoms with Gasteiger partial charge in [-0.1, -0.05) is 30.3 Å². The third-order valence-electron chi connectivity index (χ3n) is 8.09. The monoisotopic (exact) mass is 446 g/mol. The number of carbonyl (C=O) groups is 1. The SMILES string of the molecule is CN=C(N)c1ccc(C2C3C(=O)N(Cc4ccc5c(c4)OCO5)C(C)C3C3CCCN32)cc1. The van der Waals surface area contributed by atoms with Gasteiger partial charge in [-0.25, -0.2) is 0 Å². The van der Waals surface area contributed by atoms with Crippen molar-refractivity contribution >= 4 is 11.7 Å². The zero-order chi connectivity index (χ0) is 22.7. The van der Waals surface area contributed by atoms with Crippen LogP contribution in [0.15, 0.2) is 47.5 Å². The predicted octanol–water partition coefficient (Wildman–Crippen LogP) is 2.93. The van der Waals surface area contributed by atoms with Crippen LogP contribution in [0.25, 0.3) is 0 Å². The summed E-state index contributed by atoms with van der Waals surface area (Å²) < 4.78 is 11.0. The minimum Gasteiger partial charge on any atom is -0.454 e. The molecule has 1 amide bonds. The fourth-order valence-corrected chi connectivity index (χ4v) is 6.59. The number of rotatable bonds is 4. The number of ether oxygens (including phenoxy) is 2. The van der Waals surface area contributed by atoms with Gasteiger partial charge in [-0.3, -0.25) is 14.7 Å². The summed E-state index contributed by atoms with van der Waals surface area (Å²) in [5.74, 6) is 2.68. The summed E-state index contributed by atoms with van der Waals surface area (Å²) in [7, 11) is 1.70. The summed E-state index contributed by atoms with van der Waals surface area (Å²) in [6.07, 6.45) is 2.36. The molecule has 0 aromatic heterocycles. The van der Waals surface area contributed by atoms with Gasteiger partial charge < -0.3 is 20.1 Å². The quantitative estimate of drug-likeness (QED) is 0.577. The Kier molecular flexibility index (Phi) is 4.83. The molecule has 7 nitrogen and oxygen atoms in total. The Morgan fingerprint density at radius 2 is 1.94 bits per heavy atom. The number of nitrogens with two attached hydrogens (primary N) is 1. The van der Waals surface area contributed by atoms with E-state index in [0.29, 0.717) is 24.3 Å². The highest BCUT2D eigenvalue weighted by Gasteiger charge is 2.61. The van der Waals surface area contributed by atoms with E-state index in [1.807, 2.05) is 30.3 Å². The molecule has 0 aliphatic carbocycles. The van der Waals surface area contributed by atoms with Gasteiger partial charge in [0.2, 0.25) is 12.7 Å². The van der Waals surface area contributed by atoms with Gasteiger partial charge in [0.05, 0.1) is 5.92 Å². The Bertz CT molecular complexity index is 1120. The van der Waals surface area contributed by atoms with Crippen molar-refractivity contribution in [1.29, 1.82) is 0 Å². The maximum atomic E-state index is 13.9. The second-order valence-electron chi connectivity index (χ2n) is 9.62. The molecule has 0 saturated carbocycles. The highest BCUT2D eigenvalue weighted by Crippen LogP contribution is 2.55. The summed E-state index contributed by atoms with van der Waals surface area (Å²) in [5.41, 5.74) is 9.20. The highest BCUT2D eigenvalue weighted by molar-refractivity contribution is 5.97. The van der Waals surface area contributed by atoms with Crippen LogP contribution in [-0.4, -0.2) is 54.0 Å². The fourth-order valence-electron chi connectivity index (χ4n) is 6.59. The standard InChI is InChI=1S/C26H30N4O3/c1-15-22-19-4-3-11-29(19)24(17-6-8-18(9-7-17)25(27)28-2)23(22)26(31)30(15)13-16-5-10-20-21(12-16)33-14-32-20/h5-10,12,15,19,22-24H,3-4,11,13-14H2,1-2H3,(H2,27,28). The second-order valence-corrected chi connectivity index (χ2v) is 9.62. The Hall–Kier alpha value is -3.06. The number of hydrogen-bond acceptors (Lipinski definition) is 5. The third kappa shape index (κ3) is 3.13. The maximum absolute atomic E-state index is 13.9. The first-order valence-electron chi connectivity index (χ1n) is 11.8. The number of benzene rings is 2. The van der Waals surface area contributed by atoms with Crippen LogP contribution in [0.5, 0.6) is 11.5 Å². The van der Waals surface area contributed by atoms with Crippen molar-refractivity contribution < 1.29 is 14.3 Å². The molecule has 4 aliphatic rings. The van der Waals surface area contributed by atoms with Crippen molar-refractivity contribution in [1.82, 2.24) is 9.80 Å². The number of fused-ring (bicyclic) bond motifs is 4. The molecule has 6 rings (SSSR count). The largest absolute Gasteiger partial charge is 0.454 e. The van der Waals surface area contributed by atoms with Crippen LogP contribution in [0.4, 0.5) is 0 Å². The fraction of sp³-hybridized carbons (Fsp3) is 0.462. The van der Waals surface area contributed by atoms with Gasteiger partial charge in [-0.05, 0) is 49.6 Å². The van der Waals surface area contributed by atoms with E-state index in [1.54, 1.807) is 7.05 Å². The Morgan fingerprint density at radius 1 is 1.15 bits per heavy atom. The lowest BCUT2D eigenvalue weighted by molar-refractivity contribution is -0.133. The molecule has 5 atom stereocenters. The third-order valence-corrected chi connectivity index (χ3v) is 8.09. The average molecular weight is 447 g/mol. The van der Waals surface area contributed by atoms with Gasteiger partial charge in [0.25, 0.3) is 0 Å². The summed E-state index contributed by atoms with van der Waals surface area (Å²) in [6, 6.07) is 15.1. The van der Waals surface area contributed by atoms with Crippen LogP contribution in [0.2, 0.25) is 0 Å². The second kappa shape index (κ2) is 7.76. The van der Waals surface area contributed by atoms with Crippen LogP contribution in [-0.2, 0) is 11.3 Å². The van der Waals surface area contributed by atoms with Crippen molar-refractivity contribution in [3.63, 3.8) is 0 Å². The number of likely N-dealkylation sites (tertiary alicyclic amines) is 1. The van der Waals surface area contributed by atoms with Gasteiger partial charge >= 0.3 is 0 Å². The van der Waals surface area contributed by atoms with E-state index in [-0.39, 0.29) is 30.7 Å². The van der Waals surface area contributed by atoms with Crippen LogP contribution in [0, 0.1) is 11.8 Å². The molecule has 4 heterocycles. The van der Waals surface area contributed by atoms with Crippen LogP contribution >= 0.6 is 0 Å². The molecule has 172 valence electrons. The summed E-state index contributed by atoms with van der Waals surface area (Å²) in [6.45, 7) is 4.15. The average Bonchev–Trinajstić information content (AvgIpc) is 3.59. The zero-order valence-corrected chi connectivity index (χ0v) is 19.1. The lowest BCUT2D eigenvalue weighted by Gasteiger charge is -2.32. The van der Waals surface area contributed by atoms with E-state index >= 15 is 0 Å². The topological polar surface area (TPSA) is 80.4 Å². The Balaban J connectivity index is 1.31. The molecule has 33 heavy (non-hydrogen) atoms. The molecule has 3 fully saturated rings. The first kappa shape index (κ1) is 20.5. The highest BCUT2D eigenvalue weighted by atomic mass is 16.7. The lowest BCUT2D eigenvalue weighted by Crippen LogP contribution is -2.40.